The standard InChI is InChI=1S/2C45H29N3.C39H25N3/c1-4-16-30(17-5-1)34-22-10-11-23-35(34)33-28-40-38-26-13-12-24-36(38)37-25-14-15-27-39(37)42(40)41(29-33)45-47-43(31-18-6-2-7-19-31)46-44(48-45)32-20-8-3-9-21-32;1-4-15-30(16-5-1)33-21-14-22-34(27-33)35-28-40-38-25-11-10-23-36(38)37-24-12-13-26-39(37)42(40)41(29-35)45-47-43(31-17-6-2-7-18-31)46-44(48-45)32-19-8-3-9-20-32;1-4-14-26(15-5-1)29-24-34-32-22-11-10-20-30(32)31-21-12-13-23-33(31)36(34)35(25-29)39-41-37(27-16-6-2-7-17-27)40-38(42-39)28-18-8-3-9-19-28/h2*1-29H;1-25H. The first kappa shape index (κ1) is 82.6. The maximum absolute atomic E-state index is 5.23. The molecule has 9 nitrogen and oxygen atoms in total. The Hall–Kier alpha value is -18.6. The number of rotatable bonds is 14. The van der Waals surface area contributed by atoms with E-state index in [4.69, 9.17) is 44.9 Å². The van der Waals surface area contributed by atoms with Crippen molar-refractivity contribution in [1.29, 1.82) is 0 Å². The van der Waals surface area contributed by atoms with Gasteiger partial charge in [-0.25, -0.2) is 44.9 Å². The molecule has 0 spiro atoms. The molecule has 0 aliphatic carbocycles. The molecule has 0 amide bonds. The van der Waals surface area contributed by atoms with Gasteiger partial charge in [-0.2, -0.15) is 0 Å². The molecule has 644 valence electrons. The molecule has 0 saturated carbocycles. The second-order valence-electron chi connectivity index (χ2n) is 34.5. The lowest BCUT2D eigenvalue weighted by atomic mass is 9.87. The molecule has 3 heterocycles. The van der Waals surface area contributed by atoms with Crippen molar-refractivity contribution < 1.29 is 0 Å². The molecule has 26 aromatic rings. The quantitative estimate of drug-likeness (QED) is 0.0981. The number of benzene rings is 23. The largest absolute Gasteiger partial charge is 0.208 e. The Morgan fingerprint density at radius 1 is 0.0870 bits per heavy atom. The molecule has 0 N–H and O–H groups in total. The van der Waals surface area contributed by atoms with E-state index < -0.39 is 0 Å². The van der Waals surface area contributed by atoms with Crippen LogP contribution in [-0.4, -0.2) is 44.9 Å². The lowest BCUT2D eigenvalue weighted by Gasteiger charge is -2.18. The molecule has 138 heavy (non-hydrogen) atoms. The van der Waals surface area contributed by atoms with Crippen LogP contribution in [0.4, 0.5) is 0 Å². The summed E-state index contributed by atoms with van der Waals surface area (Å²) in [5.41, 5.74) is 20.2. The van der Waals surface area contributed by atoms with Gasteiger partial charge in [-0.1, -0.05) is 461 Å². The molecular weight excluding hydrogens is 1680 g/mol. The third-order valence-electron chi connectivity index (χ3n) is 26.1. The highest BCUT2D eigenvalue weighted by Gasteiger charge is 2.26. The van der Waals surface area contributed by atoms with Gasteiger partial charge in [-0.05, 0) is 179 Å². The van der Waals surface area contributed by atoms with Crippen LogP contribution < -0.4 is 0 Å². The second-order valence-corrected chi connectivity index (χ2v) is 34.5. The van der Waals surface area contributed by atoms with Crippen molar-refractivity contribution in [2.75, 3.05) is 0 Å². The van der Waals surface area contributed by atoms with Crippen LogP contribution in [0.5, 0.6) is 0 Å². The summed E-state index contributed by atoms with van der Waals surface area (Å²) < 4.78 is 0. The number of aromatic nitrogens is 9. The summed E-state index contributed by atoms with van der Waals surface area (Å²) in [6, 6.07) is 176. The van der Waals surface area contributed by atoms with E-state index in [-0.39, 0.29) is 0 Å². The van der Waals surface area contributed by atoms with Gasteiger partial charge in [0.15, 0.2) is 52.4 Å². The Labute approximate surface area is 797 Å². The number of fused-ring (bicyclic) bond motifs is 18. The summed E-state index contributed by atoms with van der Waals surface area (Å²) in [6.07, 6.45) is 0. The van der Waals surface area contributed by atoms with Gasteiger partial charge < -0.3 is 0 Å². The summed E-state index contributed by atoms with van der Waals surface area (Å²) in [6.45, 7) is 0. The molecule has 0 aliphatic heterocycles. The van der Waals surface area contributed by atoms with E-state index in [2.05, 4.69) is 394 Å². The molecule has 0 fully saturated rings. The van der Waals surface area contributed by atoms with Crippen molar-refractivity contribution in [3.05, 3.63) is 504 Å². The van der Waals surface area contributed by atoms with E-state index in [0.29, 0.717) is 52.4 Å². The minimum absolute atomic E-state index is 0.646. The topological polar surface area (TPSA) is 116 Å². The molecular formula is C129H83N9. The number of hydrogen-bond donors (Lipinski definition) is 0. The molecule has 26 rings (SSSR count). The molecule has 0 radical (unpaired) electrons. The minimum atomic E-state index is 0.646. The molecule has 0 atom stereocenters. The van der Waals surface area contributed by atoms with Crippen molar-refractivity contribution in [1.82, 2.24) is 44.9 Å². The van der Waals surface area contributed by atoms with E-state index in [0.717, 1.165) is 99.6 Å². The minimum Gasteiger partial charge on any atom is -0.208 e. The van der Waals surface area contributed by atoms with Gasteiger partial charge in [0, 0.05) is 66.2 Å². The SMILES string of the molecule is c1ccc(-c2cc(-c3nc(-c4ccccc4)nc(-c4ccccc4)n3)c3c4ccccc4c4ccccc4c3c2)cc1.c1ccc(-c2cccc(-c3cc(-c4nc(-c5ccccc5)nc(-c5ccccc5)n4)c4c5ccccc5c5ccccc5c4c3)c2)cc1.c1ccc(-c2nc(-c3ccccc3)nc(-c3cc(-c4ccccc4-c4ccccc4)cc4c5ccccc5c5ccccc5c34)n2)cc1. The highest BCUT2D eigenvalue weighted by molar-refractivity contribution is 6.32. The van der Waals surface area contributed by atoms with Gasteiger partial charge in [-0.3, -0.25) is 0 Å². The highest BCUT2D eigenvalue weighted by Crippen LogP contribution is 2.49. The fourth-order valence-electron chi connectivity index (χ4n) is 19.6. The van der Waals surface area contributed by atoms with Crippen molar-refractivity contribution >= 4 is 97.0 Å². The first-order valence-electron chi connectivity index (χ1n) is 46.5. The fraction of sp³-hybridized carbons (Fsp3) is 0. The van der Waals surface area contributed by atoms with Crippen LogP contribution in [0.1, 0.15) is 0 Å². The number of nitrogens with zero attached hydrogens (tertiary/aromatic N) is 9. The molecule has 9 heteroatoms. The van der Waals surface area contributed by atoms with E-state index in [1.54, 1.807) is 0 Å². The molecule has 0 bridgehead atoms. The van der Waals surface area contributed by atoms with Gasteiger partial charge in [0.2, 0.25) is 0 Å². The Morgan fingerprint density at radius 2 is 0.261 bits per heavy atom. The second kappa shape index (κ2) is 36.5. The maximum Gasteiger partial charge on any atom is 0.164 e. The van der Waals surface area contributed by atoms with E-state index in [1.807, 2.05) is 109 Å². The van der Waals surface area contributed by atoms with Crippen LogP contribution >= 0.6 is 0 Å². The van der Waals surface area contributed by atoms with Crippen LogP contribution in [-0.2, 0) is 0 Å². The summed E-state index contributed by atoms with van der Waals surface area (Å²) in [5.74, 6) is 5.85. The van der Waals surface area contributed by atoms with Crippen molar-refractivity contribution in [2.24, 2.45) is 0 Å². The maximum atomic E-state index is 5.23. The summed E-state index contributed by atoms with van der Waals surface area (Å²) in [7, 11) is 0. The van der Waals surface area contributed by atoms with E-state index in [1.165, 1.54) is 103 Å². The van der Waals surface area contributed by atoms with Gasteiger partial charge in [-0.15, -0.1) is 0 Å². The zero-order valence-corrected chi connectivity index (χ0v) is 74.9. The van der Waals surface area contributed by atoms with E-state index >= 15 is 0 Å². The predicted octanol–water partition coefficient (Wildman–Crippen LogP) is 33.3. The number of hydrogen-bond acceptors (Lipinski definition) is 9. The predicted molar refractivity (Wildman–Crippen MR) is 573 cm³/mol. The van der Waals surface area contributed by atoms with Crippen LogP contribution in [0.25, 0.3) is 255 Å². The summed E-state index contributed by atoms with van der Waals surface area (Å²) in [5, 5.41) is 21.4. The van der Waals surface area contributed by atoms with Gasteiger partial charge in [0.05, 0.1) is 0 Å². The lowest BCUT2D eigenvalue weighted by molar-refractivity contribution is 1.08. The van der Waals surface area contributed by atoms with Gasteiger partial charge in [0.25, 0.3) is 0 Å². The normalized spacial score (nSPS) is 11.3. The molecule has 0 saturated heterocycles. The van der Waals surface area contributed by atoms with Crippen molar-refractivity contribution in [3.8, 4) is 158 Å². The average Bonchev–Trinajstić information content (AvgIpc) is 0.729. The van der Waals surface area contributed by atoms with Gasteiger partial charge in [0.1, 0.15) is 0 Å². The monoisotopic (exact) mass is 1760 g/mol. The summed E-state index contributed by atoms with van der Waals surface area (Å²) in [4.78, 5) is 46.1. The van der Waals surface area contributed by atoms with E-state index in [9.17, 15) is 0 Å². The van der Waals surface area contributed by atoms with Crippen LogP contribution in [0.15, 0.2) is 504 Å². The van der Waals surface area contributed by atoms with Crippen LogP contribution in [0.2, 0.25) is 0 Å². The Morgan fingerprint density at radius 3 is 0.543 bits per heavy atom. The summed E-state index contributed by atoms with van der Waals surface area (Å²) >= 11 is 0. The van der Waals surface area contributed by atoms with Crippen LogP contribution in [0, 0.1) is 0 Å². The van der Waals surface area contributed by atoms with Crippen molar-refractivity contribution in [2.45, 2.75) is 0 Å². The smallest absolute Gasteiger partial charge is 0.164 e. The first-order valence-corrected chi connectivity index (χ1v) is 46.5. The van der Waals surface area contributed by atoms with Crippen LogP contribution in [0.3, 0.4) is 0 Å². The third kappa shape index (κ3) is 15.9. The average molecular weight is 1760 g/mol. The first-order chi connectivity index (χ1) is 68.4. The Bertz CT molecular complexity index is 8920. The Balaban J connectivity index is 0.000000113. The molecule has 0 aliphatic rings. The zero-order chi connectivity index (χ0) is 91.6. The van der Waals surface area contributed by atoms with Crippen molar-refractivity contribution in [3.63, 3.8) is 0 Å². The highest BCUT2D eigenvalue weighted by atomic mass is 15.1. The zero-order valence-electron chi connectivity index (χ0n) is 74.9. The fourth-order valence-corrected chi connectivity index (χ4v) is 19.6. The van der Waals surface area contributed by atoms with Gasteiger partial charge >= 0.3 is 0 Å². The Kier molecular flexibility index (Phi) is 21.9. The molecule has 3 aromatic heterocycles. The molecule has 23 aromatic carbocycles. The lowest BCUT2D eigenvalue weighted by Crippen LogP contribution is -2.01. The third-order valence-corrected chi connectivity index (χ3v) is 26.1. The molecule has 0 unspecified atom stereocenters.